The molecular formula is C16H25N3O4S. The Morgan fingerprint density at radius 3 is 2.54 bits per heavy atom. The maximum atomic E-state index is 12.1. The molecule has 1 aliphatic rings. The Labute approximate surface area is 143 Å². The van der Waals surface area contributed by atoms with Gasteiger partial charge in [0.25, 0.3) is 0 Å². The number of benzene rings is 1. The van der Waals surface area contributed by atoms with E-state index < -0.39 is 10.0 Å². The SMILES string of the molecule is CS(=O)(=O)N(CC(=O)NCCN1CCOCC1)Cc1ccccc1. The first-order chi connectivity index (χ1) is 11.4. The van der Waals surface area contributed by atoms with Crippen LogP contribution >= 0.6 is 0 Å². The zero-order chi connectivity index (χ0) is 17.4. The quantitative estimate of drug-likeness (QED) is 0.704. The Morgan fingerprint density at radius 1 is 1.25 bits per heavy atom. The number of hydrogen-bond donors (Lipinski definition) is 1. The van der Waals surface area contributed by atoms with Crippen molar-refractivity contribution in [2.45, 2.75) is 6.54 Å². The molecule has 2 rings (SSSR count). The van der Waals surface area contributed by atoms with Gasteiger partial charge in [-0.25, -0.2) is 8.42 Å². The third kappa shape index (κ3) is 6.56. The minimum atomic E-state index is -3.46. The summed E-state index contributed by atoms with van der Waals surface area (Å²) in [5.74, 6) is -0.287. The van der Waals surface area contributed by atoms with Gasteiger partial charge in [-0.15, -0.1) is 0 Å². The van der Waals surface area contributed by atoms with E-state index in [9.17, 15) is 13.2 Å². The molecule has 0 unspecified atom stereocenters. The fourth-order valence-electron chi connectivity index (χ4n) is 2.47. The van der Waals surface area contributed by atoms with Crippen LogP contribution in [0.3, 0.4) is 0 Å². The molecule has 24 heavy (non-hydrogen) atoms. The molecule has 1 aromatic carbocycles. The molecule has 1 fully saturated rings. The molecular weight excluding hydrogens is 330 g/mol. The van der Waals surface area contributed by atoms with E-state index in [0.717, 1.165) is 31.5 Å². The molecule has 134 valence electrons. The van der Waals surface area contributed by atoms with Gasteiger partial charge in [0, 0.05) is 32.7 Å². The van der Waals surface area contributed by atoms with Crippen LogP contribution in [0.1, 0.15) is 5.56 Å². The summed E-state index contributed by atoms with van der Waals surface area (Å²) in [4.78, 5) is 14.3. The minimum Gasteiger partial charge on any atom is -0.379 e. The largest absolute Gasteiger partial charge is 0.379 e. The van der Waals surface area contributed by atoms with Gasteiger partial charge in [0.15, 0.2) is 0 Å². The van der Waals surface area contributed by atoms with Crippen LogP contribution < -0.4 is 5.32 Å². The molecule has 0 saturated carbocycles. The van der Waals surface area contributed by atoms with E-state index >= 15 is 0 Å². The molecule has 7 nitrogen and oxygen atoms in total. The van der Waals surface area contributed by atoms with E-state index in [-0.39, 0.29) is 19.0 Å². The van der Waals surface area contributed by atoms with Crippen LogP contribution in [0.25, 0.3) is 0 Å². The molecule has 0 aliphatic carbocycles. The van der Waals surface area contributed by atoms with Gasteiger partial charge in [0.2, 0.25) is 15.9 Å². The van der Waals surface area contributed by atoms with Crippen molar-refractivity contribution in [2.75, 3.05) is 52.2 Å². The summed E-state index contributed by atoms with van der Waals surface area (Å²) < 4.78 is 30.3. The lowest BCUT2D eigenvalue weighted by molar-refractivity contribution is -0.121. The number of morpholine rings is 1. The Morgan fingerprint density at radius 2 is 1.92 bits per heavy atom. The number of nitrogens with zero attached hydrogens (tertiary/aromatic N) is 2. The van der Waals surface area contributed by atoms with Crippen molar-refractivity contribution >= 4 is 15.9 Å². The van der Waals surface area contributed by atoms with Crippen molar-refractivity contribution in [3.63, 3.8) is 0 Å². The van der Waals surface area contributed by atoms with Crippen molar-refractivity contribution in [1.82, 2.24) is 14.5 Å². The molecule has 0 radical (unpaired) electrons. The van der Waals surface area contributed by atoms with E-state index in [1.165, 1.54) is 4.31 Å². The minimum absolute atomic E-state index is 0.170. The molecule has 8 heteroatoms. The highest BCUT2D eigenvalue weighted by molar-refractivity contribution is 7.88. The van der Waals surface area contributed by atoms with E-state index in [0.29, 0.717) is 19.8 Å². The molecule has 1 amide bonds. The van der Waals surface area contributed by atoms with Crippen LogP contribution in [0.15, 0.2) is 30.3 Å². The smallest absolute Gasteiger partial charge is 0.235 e. The first-order valence-corrected chi connectivity index (χ1v) is 9.86. The topological polar surface area (TPSA) is 79.0 Å². The van der Waals surface area contributed by atoms with Gasteiger partial charge in [0.05, 0.1) is 26.0 Å². The average Bonchev–Trinajstić information content (AvgIpc) is 2.55. The summed E-state index contributed by atoms with van der Waals surface area (Å²) in [6, 6.07) is 9.24. The third-order valence-electron chi connectivity index (χ3n) is 3.84. The first kappa shape index (κ1) is 18.9. The highest BCUT2D eigenvalue weighted by atomic mass is 32.2. The lowest BCUT2D eigenvalue weighted by Crippen LogP contribution is -2.44. The molecule has 0 aromatic heterocycles. The van der Waals surface area contributed by atoms with E-state index in [2.05, 4.69) is 10.2 Å². The van der Waals surface area contributed by atoms with Gasteiger partial charge in [-0.05, 0) is 5.56 Å². The van der Waals surface area contributed by atoms with Crippen LogP contribution in [0, 0.1) is 0 Å². The van der Waals surface area contributed by atoms with Crippen molar-refractivity contribution in [3.05, 3.63) is 35.9 Å². The van der Waals surface area contributed by atoms with Gasteiger partial charge in [0.1, 0.15) is 0 Å². The molecule has 0 spiro atoms. The summed E-state index contributed by atoms with van der Waals surface area (Å²) in [6.07, 6.45) is 1.12. The lowest BCUT2D eigenvalue weighted by atomic mass is 10.2. The third-order valence-corrected chi connectivity index (χ3v) is 5.04. The zero-order valence-electron chi connectivity index (χ0n) is 14.0. The number of sulfonamides is 1. The van der Waals surface area contributed by atoms with Crippen molar-refractivity contribution in [3.8, 4) is 0 Å². The van der Waals surface area contributed by atoms with Gasteiger partial charge in [-0.3, -0.25) is 9.69 Å². The fraction of sp³-hybridized carbons (Fsp3) is 0.562. The normalized spacial score (nSPS) is 16.2. The molecule has 1 heterocycles. The van der Waals surface area contributed by atoms with Crippen molar-refractivity contribution in [1.29, 1.82) is 0 Å². The number of nitrogens with one attached hydrogen (secondary N) is 1. The molecule has 1 aromatic rings. The number of rotatable bonds is 8. The van der Waals surface area contributed by atoms with Crippen LogP contribution in [0.4, 0.5) is 0 Å². The summed E-state index contributed by atoms with van der Waals surface area (Å²) in [7, 11) is -3.46. The average molecular weight is 355 g/mol. The molecule has 0 atom stereocenters. The second-order valence-electron chi connectivity index (χ2n) is 5.82. The van der Waals surface area contributed by atoms with Gasteiger partial charge in [-0.1, -0.05) is 30.3 Å². The van der Waals surface area contributed by atoms with Gasteiger partial charge < -0.3 is 10.1 Å². The van der Waals surface area contributed by atoms with Crippen LogP contribution in [0.2, 0.25) is 0 Å². The van der Waals surface area contributed by atoms with Gasteiger partial charge >= 0.3 is 0 Å². The summed E-state index contributed by atoms with van der Waals surface area (Å²) in [5.41, 5.74) is 0.851. The number of carbonyl (C=O) groups excluding carboxylic acids is 1. The number of hydrogen-bond acceptors (Lipinski definition) is 5. The first-order valence-electron chi connectivity index (χ1n) is 8.01. The maximum absolute atomic E-state index is 12.1. The second kappa shape index (κ2) is 9.12. The van der Waals surface area contributed by atoms with Crippen LogP contribution in [-0.4, -0.2) is 75.7 Å². The van der Waals surface area contributed by atoms with Crippen LogP contribution in [0.5, 0.6) is 0 Å². The molecule has 1 N–H and O–H groups in total. The Kier molecular flexibility index (Phi) is 7.16. The Bertz CT molecular complexity index is 615. The Balaban J connectivity index is 1.81. The molecule has 0 bridgehead atoms. The van der Waals surface area contributed by atoms with Crippen LogP contribution in [-0.2, 0) is 26.1 Å². The highest BCUT2D eigenvalue weighted by Crippen LogP contribution is 2.07. The van der Waals surface area contributed by atoms with Crippen molar-refractivity contribution in [2.24, 2.45) is 0 Å². The Hall–Kier alpha value is -1.48. The van der Waals surface area contributed by atoms with Crippen molar-refractivity contribution < 1.29 is 17.9 Å². The van der Waals surface area contributed by atoms with E-state index in [4.69, 9.17) is 4.74 Å². The fourth-order valence-corrected chi connectivity index (χ4v) is 3.21. The number of ether oxygens (including phenoxy) is 1. The second-order valence-corrected chi connectivity index (χ2v) is 7.80. The predicted molar refractivity (Wildman–Crippen MR) is 92.0 cm³/mol. The van der Waals surface area contributed by atoms with E-state index in [1.807, 2.05) is 30.3 Å². The summed E-state index contributed by atoms with van der Waals surface area (Å²) in [6.45, 7) is 4.42. The zero-order valence-corrected chi connectivity index (χ0v) is 14.8. The standard InChI is InChI=1S/C16H25N3O4S/c1-24(21,22)19(13-15-5-3-2-4-6-15)14-16(20)17-7-8-18-9-11-23-12-10-18/h2-6H,7-14H2,1H3,(H,17,20). The van der Waals surface area contributed by atoms with E-state index in [1.54, 1.807) is 0 Å². The summed E-state index contributed by atoms with van der Waals surface area (Å²) >= 11 is 0. The monoisotopic (exact) mass is 355 g/mol. The highest BCUT2D eigenvalue weighted by Gasteiger charge is 2.20. The molecule has 1 aliphatic heterocycles. The number of carbonyl (C=O) groups is 1. The summed E-state index contributed by atoms with van der Waals surface area (Å²) in [5, 5.41) is 2.79. The van der Waals surface area contributed by atoms with Gasteiger partial charge in [-0.2, -0.15) is 4.31 Å². The predicted octanol–water partition coefficient (Wildman–Crippen LogP) is -0.103. The molecule has 1 saturated heterocycles. The lowest BCUT2D eigenvalue weighted by Gasteiger charge is -2.26. The maximum Gasteiger partial charge on any atom is 0.235 e. The number of amides is 1.